The first-order valence-corrected chi connectivity index (χ1v) is 5.72. The van der Waals surface area contributed by atoms with Gasteiger partial charge >= 0.3 is 0 Å². The van der Waals surface area contributed by atoms with E-state index in [-0.39, 0.29) is 5.84 Å². The third kappa shape index (κ3) is 4.34. The van der Waals surface area contributed by atoms with Crippen molar-refractivity contribution in [2.24, 2.45) is 5.73 Å². The summed E-state index contributed by atoms with van der Waals surface area (Å²) in [5.41, 5.74) is 7.07. The van der Waals surface area contributed by atoms with Crippen LogP contribution in [0, 0.1) is 5.41 Å². The number of benzene rings is 1. The van der Waals surface area contributed by atoms with E-state index in [4.69, 9.17) is 27.5 Å². The fourth-order valence-electron chi connectivity index (χ4n) is 1.46. The molecule has 0 bridgehead atoms. The molecule has 0 saturated heterocycles. The van der Waals surface area contributed by atoms with Crippen LogP contribution in [0.3, 0.4) is 0 Å². The van der Waals surface area contributed by atoms with Crippen LogP contribution in [0.2, 0.25) is 5.02 Å². The van der Waals surface area contributed by atoms with Gasteiger partial charge in [0.15, 0.2) is 0 Å². The predicted molar refractivity (Wildman–Crippen MR) is 70.7 cm³/mol. The van der Waals surface area contributed by atoms with E-state index >= 15 is 0 Å². The summed E-state index contributed by atoms with van der Waals surface area (Å²) < 4.78 is 5.01. The molecule has 5 heteroatoms. The quantitative estimate of drug-likeness (QED) is 0.601. The fourth-order valence-corrected chi connectivity index (χ4v) is 1.70. The number of likely N-dealkylation sites (N-methyl/N-ethyl adjacent to an activating group) is 1. The van der Waals surface area contributed by atoms with Gasteiger partial charge in [-0.1, -0.05) is 23.7 Å². The van der Waals surface area contributed by atoms with Crippen molar-refractivity contribution in [3.63, 3.8) is 0 Å². The maximum Gasteiger partial charge on any atom is 0.122 e. The molecule has 0 atom stereocenters. The van der Waals surface area contributed by atoms with Gasteiger partial charge in [0, 0.05) is 30.8 Å². The Morgan fingerprint density at radius 3 is 2.76 bits per heavy atom. The number of amidine groups is 1. The van der Waals surface area contributed by atoms with E-state index in [1.165, 1.54) is 0 Å². The van der Waals surface area contributed by atoms with Gasteiger partial charge in [0.25, 0.3) is 0 Å². The molecule has 4 nitrogen and oxygen atoms in total. The highest BCUT2D eigenvalue weighted by atomic mass is 35.5. The lowest BCUT2D eigenvalue weighted by Gasteiger charge is -2.17. The van der Waals surface area contributed by atoms with Crippen molar-refractivity contribution in [3.8, 4) is 0 Å². The summed E-state index contributed by atoms with van der Waals surface area (Å²) in [6.45, 7) is 2.29. The SMILES string of the molecule is COCCN(C)Cc1ccc(C(=N)N)cc1Cl. The van der Waals surface area contributed by atoms with Gasteiger partial charge in [0.05, 0.1) is 6.61 Å². The highest BCUT2D eigenvalue weighted by Gasteiger charge is 2.06. The predicted octanol–water partition coefficient (Wildman–Crippen LogP) is 1.70. The highest BCUT2D eigenvalue weighted by molar-refractivity contribution is 6.31. The molecule has 1 aromatic rings. The first kappa shape index (κ1) is 14.0. The highest BCUT2D eigenvalue weighted by Crippen LogP contribution is 2.19. The topological polar surface area (TPSA) is 62.3 Å². The number of rotatable bonds is 6. The van der Waals surface area contributed by atoms with E-state index in [1.54, 1.807) is 13.2 Å². The summed E-state index contributed by atoms with van der Waals surface area (Å²) >= 11 is 6.14. The third-order valence-electron chi connectivity index (χ3n) is 2.48. The van der Waals surface area contributed by atoms with Crippen molar-refractivity contribution in [1.82, 2.24) is 4.90 Å². The Kier molecular flexibility index (Phi) is 5.41. The largest absolute Gasteiger partial charge is 0.384 e. The van der Waals surface area contributed by atoms with E-state index in [0.717, 1.165) is 18.7 Å². The second-order valence-corrected chi connectivity index (χ2v) is 4.36. The lowest BCUT2D eigenvalue weighted by atomic mass is 10.1. The third-order valence-corrected chi connectivity index (χ3v) is 2.83. The van der Waals surface area contributed by atoms with Gasteiger partial charge < -0.3 is 10.5 Å². The van der Waals surface area contributed by atoms with Crippen LogP contribution in [0.4, 0.5) is 0 Å². The van der Waals surface area contributed by atoms with Gasteiger partial charge in [-0.3, -0.25) is 10.3 Å². The van der Waals surface area contributed by atoms with Crippen molar-refractivity contribution in [3.05, 3.63) is 34.3 Å². The summed E-state index contributed by atoms with van der Waals surface area (Å²) in [6.07, 6.45) is 0. The summed E-state index contributed by atoms with van der Waals surface area (Å²) in [4.78, 5) is 2.12. The van der Waals surface area contributed by atoms with Gasteiger partial charge in [-0.25, -0.2) is 0 Å². The number of nitrogen functional groups attached to an aromatic ring is 1. The molecule has 0 radical (unpaired) electrons. The van der Waals surface area contributed by atoms with Gasteiger partial charge in [0.2, 0.25) is 0 Å². The van der Waals surface area contributed by atoms with Gasteiger partial charge in [-0.05, 0) is 18.7 Å². The molecule has 94 valence electrons. The fraction of sp³-hybridized carbons (Fsp3) is 0.417. The number of hydrogen-bond acceptors (Lipinski definition) is 3. The Bertz CT molecular complexity index is 395. The summed E-state index contributed by atoms with van der Waals surface area (Å²) in [6, 6.07) is 5.44. The smallest absolute Gasteiger partial charge is 0.122 e. The number of nitrogens with one attached hydrogen (secondary N) is 1. The zero-order valence-electron chi connectivity index (χ0n) is 10.2. The Morgan fingerprint density at radius 2 is 2.24 bits per heavy atom. The average Bonchev–Trinajstić information content (AvgIpc) is 2.28. The summed E-state index contributed by atoms with van der Waals surface area (Å²) in [7, 11) is 3.69. The molecule has 0 aliphatic heterocycles. The van der Waals surface area contributed by atoms with Crippen molar-refractivity contribution in [2.45, 2.75) is 6.54 Å². The van der Waals surface area contributed by atoms with Crippen LogP contribution in [0.15, 0.2) is 18.2 Å². The Balaban J connectivity index is 2.69. The molecule has 1 aromatic carbocycles. The number of halogens is 1. The van der Waals surface area contributed by atoms with E-state index in [0.29, 0.717) is 17.2 Å². The molecule has 0 aliphatic carbocycles. The summed E-state index contributed by atoms with van der Waals surface area (Å²) in [5, 5.41) is 7.97. The first-order chi connectivity index (χ1) is 8.04. The Labute approximate surface area is 107 Å². The van der Waals surface area contributed by atoms with Gasteiger partial charge in [-0.15, -0.1) is 0 Å². The number of hydrogen-bond donors (Lipinski definition) is 2. The zero-order chi connectivity index (χ0) is 12.8. The summed E-state index contributed by atoms with van der Waals surface area (Å²) in [5.74, 6) is 0.0335. The molecule has 0 spiro atoms. The Hall–Kier alpha value is -1.10. The van der Waals surface area contributed by atoms with Gasteiger partial charge in [0.1, 0.15) is 5.84 Å². The molecule has 0 heterocycles. The van der Waals surface area contributed by atoms with Crippen LogP contribution in [-0.2, 0) is 11.3 Å². The second kappa shape index (κ2) is 6.59. The van der Waals surface area contributed by atoms with Crippen LogP contribution >= 0.6 is 11.6 Å². The minimum absolute atomic E-state index is 0.0335. The van der Waals surface area contributed by atoms with Crippen LogP contribution in [0.1, 0.15) is 11.1 Å². The molecular weight excluding hydrogens is 238 g/mol. The molecule has 0 aromatic heterocycles. The molecule has 0 amide bonds. The zero-order valence-corrected chi connectivity index (χ0v) is 10.9. The molecular formula is C12H18ClN3O. The monoisotopic (exact) mass is 255 g/mol. The first-order valence-electron chi connectivity index (χ1n) is 5.35. The van der Waals surface area contributed by atoms with E-state index in [9.17, 15) is 0 Å². The molecule has 0 fully saturated rings. The van der Waals surface area contributed by atoms with Crippen molar-refractivity contribution < 1.29 is 4.74 Å². The lowest BCUT2D eigenvalue weighted by Crippen LogP contribution is -2.22. The lowest BCUT2D eigenvalue weighted by molar-refractivity contribution is 0.158. The average molecular weight is 256 g/mol. The van der Waals surface area contributed by atoms with Crippen LogP contribution < -0.4 is 5.73 Å². The molecule has 17 heavy (non-hydrogen) atoms. The van der Waals surface area contributed by atoms with Crippen LogP contribution in [-0.4, -0.2) is 38.0 Å². The molecule has 3 N–H and O–H groups in total. The molecule has 0 saturated carbocycles. The minimum atomic E-state index is 0.0335. The van der Waals surface area contributed by atoms with Crippen molar-refractivity contribution in [2.75, 3.05) is 27.3 Å². The van der Waals surface area contributed by atoms with Gasteiger partial charge in [-0.2, -0.15) is 0 Å². The number of nitrogens with zero attached hydrogens (tertiary/aromatic N) is 1. The maximum atomic E-state index is 7.33. The van der Waals surface area contributed by atoms with Crippen LogP contribution in [0.25, 0.3) is 0 Å². The number of ether oxygens (including phenoxy) is 1. The van der Waals surface area contributed by atoms with E-state index < -0.39 is 0 Å². The maximum absolute atomic E-state index is 7.33. The van der Waals surface area contributed by atoms with Crippen molar-refractivity contribution in [1.29, 1.82) is 5.41 Å². The molecule has 0 unspecified atom stereocenters. The normalized spacial score (nSPS) is 10.8. The molecule has 1 rings (SSSR count). The molecule has 0 aliphatic rings. The minimum Gasteiger partial charge on any atom is -0.384 e. The Morgan fingerprint density at radius 1 is 1.53 bits per heavy atom. The second-order valence-electron chi connectivity index (χ2n) is 3.95. The number of methoxy groups -OCH3 is 1. The number of nitrogens with two attached hydrogens (primary N) is 1. The standard InChI is InChI=1S/C12H18ClN3O/c1-16(5-6-17-2)8-10-4-3-9(12(14)15)7-11(10)13/h3-4,7H,5-6,8H2,1-2H3,(H3,14,15). The van der Waals surface area contributed by atoms with Crippen LogP contribution in [0.5, 0.6) is 0 Å². The van der Waals surface area contributed by atoms with Crippen molar-refractivity contribution >= 4 is 17.4 Å². The van der Waals surface area contributed by atoms with E-state index in [2.05, 4.69) is 4.90 Å². The van der Waals surface area contributed by atoms with E-state index in [1.807, 2.05) is 19.2 Å².